The third-order valence-electron chi connectivity index (χ3n) is 4.70. The molecule has 0 bridgehead atoms. The van der Waals surface area contributed by atoms with Crippen LogP contribution >= 0.6 is 0 Å². The Morgan fingerprint density at radius 1 is 1.36 bits per heavy atom. The lowest BCUT2D eigenvalue weighted by molar-refractivity contribution is -0.133. The monoisotopic (exact) mass is 300 g/mol. The van der Waals surface area contributed by atoms with Crippen LogP contribution in [0.3, 0.4) is 0 Å². The van der Waals surface area contributed by atoms with Gasteiger partial charge in [0, 0.05) is 30.8 Å². The number of rotatable bonds is 5. The molecule has 1 aliphatic rings. The van der Waals surface area contributed by atoms with Crippen LogP contribution in [0, 0.1) is 0 Å². The summed E-state index contributed by atoms with van der Waals surface area (Å²) in [5.41, 5.74) is 9.31. The van der Waals surface area contributed by atoms with Crippen LogP contribution in [0.2, 0.25) is 0 Å². The van der Waals surface area contributed by atoms with E-state index in [9.17, 15) is 9.59 Å². The van der Waals surface area contributed by atoms with E-state index >= 15 is 0 Å². The van der Waals surface area contributed by atoms with E-state index in [1.165, 1.54) is 24.3 Å². The first kappa shape index (κ1) is 16.3. The Morgan fingerprint density at radius 2 is 2.05 bits per heavy atom. The lowest BCUT2D eigenvalue weighted by Crippen LogP contribution is -2.34. The van der Waals surface area contributed by atoms with Gasteiger partial charge in [-0.3, -0.25) is 9.59 Å². The highest BCUT2D eigenvalue weighted by Gasteiger charge is 2.40. The zero-order chi connectivity index (χ0) is 16.5. The van der Waals surface area contributed by atoms with Crippen molar-refractivity contribution in [2.75, 3.05) is 11.4 Å². The molecule has 1 unspecified atom stereocenters. The van der Waals surface area contributed by atoms with Crippen LogP contribution in [0.4, 0.5) is 5.69 Å². The summed E-state index contributed by atoms with van der Waals surface area (Å²) in [7, 11) is 0. The van der Waals surface area contributed by atoms with E-state index in [0.717, 1.165) is 18.5 Å². The highest BCUT2D eigenvalue weighted by molar-refractivity contribution is 6.43. The van der Waals surface area contributed by atoms with E-state index in [1.54, 1.807) is 0 Å². The van der Waals surface area contributed by atoms with Crippen LogP contribution in [0.1, 0.15) is 45.2 Å². The predicted molar refractivity (Wildman–Crippen MR) is 88.8 cm³/mol. The first-order chi connectivity index (χ1) is 10.4. The third kappa shape index (κ3) is 2.54. The van der Waals surface area contributed by atoms with Gasteiger partial charge in [-0.1, -0.05) is 32.9 Å². The van der Waals surface area contributed by atoms with Crippen LogP contribution in [-0.2, 0) is 21.4 Å². The number of allylic oxidation sites excluding steroid dienone is 1. The van der Waals surface area contributed by atoms with Crippen LogP contribution in [0.5, 0.6) is 0 Å². The van der Waals surface area contributed by atoms with Gasteiger partial charge < -0.3 is 10.6 Å². The lowest BCUT2D eigenvalue weighted by atomic mass is 9.82. The third-order valence-corrected chi connectivity index (χ3v) is 4.70. The Balaban J connectivity index is 2.57. The molecule has 0 aromatic heterocycles. The Bertz CT molecular complexity index is 648. The fourth-order valence-corrected chi connectivity index (χ4v) is 3.04. The molecule has 0 saturated carbocycles. The number of carbonyl (C=O) groups is 2. The molecule has 0 fully saturated rings. The van der Waals surface area contributed by atoms with Gasteiger partial charge in [0.25, 0.3) is 0 Å². The number of hydrogen-bond donors (Lipinski definition) is 1. The van der Waals surface area contributed by atoms with Crippen molar-refractivity contribution in [3.8, 4) is 0 Å². The molecule has 2 rings (SSSR count). The molecule has 0 aliphatic carbocycles. The number of nitrogens with two attached hydrogens (primary N) is 1. The standard InChI is InChI=1S/C18H24N2O2/c1-5-13-7-8-14-15(9-13)20(11-18(14,4)6-2)16(10-19)17(22)12(3)21/h7-10H,5-6,11,19H2,1-4H3/b16-10-. The summed E-state index contributed by atoms with van der Waals surface area (Å²) in [5.74, 6) is -1.02. The first-order valence-corrected chi connectivity index (χ1v) is 7.76. The van der Waals surface area contributed by atoms with Gasteiger partial charge in [-0.25, -0.2) is 0 Å². The fraction of sp³-hybridized carbons (Fsp3) is 0.444. The van der Waals surface area contributed by atoms with Crippen LogP contribution in [0.15, 0.2) is 30.1 Å². The highest BCUT2D eigenvalue weighted by Crippen LogP contribution is 2.44. The smallest absolute Gasteiger partial charge is 0.246 e. The predicted octanol–water partition coefficient (Wildman–Crippen LogP) is 2.69. The maximum absolute atomic E-state index is 12.2. The summed E-state index contributed by atoms with van der Waals surface area (Å²) in [5, 5.41) is 0. The minimum Gasteiger partial charge on any atom is -0.403 e. The number of aryl methyl sites for hydroxylation is 1. The minimum atomic E-state index is -0.532. The molecular formula is C18H24N2O2. The minimum absolute atomic E-state index is 0.0487. The van der Waals surface area contributed by atoms with Crippen molar-refractivity contribution in [1.82, 2.24) is 0 Å². The summed E-state index contributed by atoms with van der Waals surface area (Å²) < 4.78 is 0. The van der Waals surface area contributed by atoms with Crippen LogP contribution < -0.4 is 10.6 Å². The molecule has 1 heterocycles. The van der Waals surface area contributed by atoms with Gasteiger partial charge in [-0.2, -0.15) is 0 Å². The zero-order valence-corrected chi connectivity index (χ0v) is 13.8. The summed E-state index contributed by atoms with van der Waals surface area (Å²) in [6.45, 7) is 8.36. The number of benzene rings is 1. The number of ketones is 2. The van der Waals surface area contributed by atoms with Crippen LogP contribution in [-0.4, -0.2) is 18.1 Å². The van der Waals surface area contributed by atoms with Crippen molar-refractivity contribution < 1.29 is 9.59 Å². The fourth-order valence-electron chi connectivity index (χ4n) is 3.04. The summed E-state index contributed by atoms with van der Waals surface area (Å²) in [4.78, 5) is 25.6. The second-order valence-corrected chi connectivity index (χ2v) is 6.14. The number of fused-ring (bicyclic) bond motifs is 1. The van der Waals surface area contributed by atoms with Gasteiger partial charge in [0.15, 0.2) is 0 Å². The molecule has 1 aromatic carbocycles. The Labute approximate surface area is 132 Å². The van der Waals surface area contributed by atoms with Gasteiger partial charge in [0.05, 0.1) is 0 Å². The van der Waals surface area contributed by atoms with E-state index in [4.69, 9.17) is 5.73 Å². The molecule has 0 amide bonds. The quantitative estimate of drug-likeness (QED) is 0.671. The van der Waals surface area contributed by atoms with E-state index in [2.05, 4.69) is 39.0 Å². The molecule has 22 heavy (non-hydrogen) atoms. The molecule has 0 saturated heterocycles. The van der Waals surface area contributed by atoms with Crippen molar-refractivity contribution in [2.45, 2.75) is 46.0 Å². The average molecular weight is 300 g/mol. The summed E-state index contributed by atoms with van der Waals surface area (Å²) in [6, 6.07) is 6.38. The van der Waals surface area contributed by atoms with Crippen molar-refractivity contribution in [1.29, 1.82) is 0 Å². The molecule has 1 aliphatic heterocycles. The Hall–Kier alpha value is -2.10. The van der Waals surface area contributed by atoms with Gasteiger partial charge >= 0.3 is 0 Å². The summed E-state index contributed by atoms with van der Waals surface area (Å²) >= 11 is 0. The van der Waals surface area contributed by atoms with Gasteiger partial charge in [-0.05, 0) is 30.0 Å². The number of anilines is 1. The van der Waals surface area contributed by atoms with Gasteiger partial charge in [-0.15, -0.1) is 0 Å². The lowest BCUT2D eigenvalue weighted by Gasteiger charge is -2.25. The number of nitrogens with zero attached hydrogens (tertiary/aromatic N) is 1. The van der Waals surface area contributed by atoms with Crippen molar-refractivity contribution >= 4 is 17.3 Å². The molecule has 0 radical (unpaired) electrons. The topological polar surface area (TPSA) is 63.4 Å². The number of hydrogen-bond acceptors (Lipinski definition) is 4. The molecule has 2 N–H and O–H groups in total. The highest BCUT2D eigenvalue weighted by atomic mass is 16.2. The molecule has 4 nitrogen and oxygen atoms in total. The maximum Gasteiger partial charge on any atom is 0.246 e. The molecular weight excluding hydrogens is 276 g/mol. The molecule has 1 atom stereocenters. The molecule has 118 valence electrons. The second-order valence-electron chi connectivity index (χ2n) is 6.14. The van der Waals surface area contributed by atoms with E-state index in [-0.39, 0.29) is 11.1 Å². The largest absolute Gasteiger partial charge is 0.403 e. The van der Waals surface area contributed by atoms with Crippen molar-refractivity contribution in [2.24, 2.45) is 5.73 Å². The van der Waals surface area contributed by atoms with Crippen molar-refractivity contribution in [3.05, 3.63) is 41.2 Å². The molecule has 4 heteroatoms. The number of carbonyl (C=O) groups excluding carboxylic acids is 2. The summed E-state index contributed by atoms with van der Waals surface area (Å²) in [6.07, 6.45) is 3.13. The normalized spacial score (nSPS) is 20.9. The maximum atomic E-state index is 12.2. The molecule has 1 aromatic rings. The number of Topliss-reactive ketones (excluding diaryl/α,β-unsaturated/α-hetero) is 2. The van der Waals surface area contributed by atoms with Gasteiger partial charge in [0.1, 0.15) is 5.70 Å². The second kappa shape index (κ2) is 5.95. The van der Waals surface area contributed by atoms with E-state index in [1.807, 2.05) is 4.90 Å². The SMILES string of the molecule is CCc1ccc2c(c1)N(/C(=C\N)C(=O)C(C)=O)CC2(C)CC. The Kier molecular flexibility index (Phi) is 4.40. The van der Waals surface area contributed by atoms with Crippen molar-refractivity contribution in [3.63, 3.8) is 0 Å². The van der Waals surface area contributed by atoms with E-state index in [0.29, 0.717) is 6.54 Å². The van der Waals surface area contributed by atoms with Crippen LogP contribution in [0.25, 0.3) is 0 Å². The van der Waals surface area contributed by atoms with E-state index < -0.39 is 11.6 Å². The average Bonchev–Trinajstić information content (AvgIpc) is 2.81. The van der Waals surface area contributed by atoms with Gasteiger partial charge in [0.2, 0.25) is 11.6 Å². The first-order valence-electron chi connectivity index (χ1n) is 7.76. The zero-order valence-electron chi connectivity index (χ0n) is 13.8. The Morgan fingerprint density at radius 3 is 2.55 bits per heavy atom. The molecule has 0 spiro atoms.